The molecule has 0 aromatic heterocycles. The summed E-state index contributed by atoms with van der Waals surface area (Å²) in [5, 5.41) is 0. The van der Waals surface area contributed by atoms with Crippen molar-refractivity contribution < 1.29 is 9.47 Å². The van der Waals surface area contributed by atoms with Gasteiger partial charge in [-0.3, -0.25) is 0 Å². The topological polar surface area (TPSA) is 18.5 Å². The molecule has 1 aliphatic heterocycles. The van der Waals surface area contributed by atoms with Gasteiger partial charge in [-0.05, 0) is 6.92 Å². The van der Waals surface area contributed by atoms with Gasteiger partial charge >= 0.3 is 0 Å². The fourth-order valence-electron chi connectivity index (χ4n) is 1.07. The van der Waals surface area contributed by atoms with E-state index in [1.54, 1.807) is 0 Å². The van der Waals surface area contributed by atoms with Crippen LogP contribution in [0.15, 0.2) is 0 Å². The fourth-order valence-corrected chi connectivity index (χ4v) is 1.07. The van der Waals surface area contributed by atoms with E-state index >= 15 is 0 Å². The zero-order valence-electron chi connectivity index (χ0n) is 6.09. The standard InChI is InChI=1S/C7H14O2/c1-3-9-7-5-8-4-6(7)2/h6-7H,3-5H2,1-2H3. The molecule has 54 valence electrons. The van der Waals surface area contributed by atoms with Crippen molar-refractivity contribution in [2.24, 2.45) is 5.92 Å². The van der Waals surface area contributed by atoms with Crippen molar-refractivity contribution in [3.05, 3.63) is 0 Å². The highest BCUT2D eigenvalue weighted by atomic mass is 16.5. The molecule has 9 heavy (non-hydrogen) atoms. The summed E-state index contributed by atoms with van der Waals surface area (Å²) in [5.41, 5.74) is 0. The minimum atomic E-state index is 0.356. The summed E-state index contributed by atoms with van der Waals surface area (Å²) >= 11 is 0. The van der Waals surface area contributed by atoms with Crippen molar-refractivity contribution in [1.29, 1.82) is 0 Å². The van der Waals surface area contributed by atoms with Gasteiger partial charge in [0.2, 0.25) is 0 Å². The summed E-state index contributed by atoms with van der Waals surface area (Å²) in [7, 11) is 0. The van der Waals surface area contributed by atoms with Crippen molar-refractivity contribution >= 4 is 0 Å². The zero-order valence-corrected chi connectivity index (χ0v) is 6.09. The van der Waals surface area contributed by atoms with E-state index in [1.165, 1.54) is 0 Å². The lowest BCUT2D eigenvalue weighted by Crippen LogP contribution is -2.19. The molecule has 2 heteroatoms. The van der Waals surface area contributed by atoms with Gasteiger partial charge in [0.1, 0.15) is 0 Å². The lowest BCUT2D eigenvalue weighted by atomic mass is 10.1. The van der Waals surface area contributed by atoms with Crippen LogP contribution in [0, 0.1) is 5.92 Å². The predicted octanol–water partition coefficient (Wildman–Crippen LogP) is 1.06. The Morgan fingerprint density at radius 3 is 2.78 bits per heavy atom. The second kappa shape index (κ2) is 3.18. The number of rotatable bonds is 2. The van der Waals surface area contributed by atoms with E-state index in [-0.39, 0.29) is 0 Å². The Hall–Kier alpha value is -0.0800. The molecule has 1 heterocycles. The summed E-state index contributed by atoms with van der Waals surface area (Å²) < 4.78 is 10.6. The van der Waals surface area contributed by atoms with Crippen LogP contribution in [-0.2, 0) is 9.47 Å². The minimum absolute atomic E-state index is 0.356. The largest absolute Gasteiger partial charge is 0.378 e. The third kappa shape index (κ3) is 1.66. The second-order valence-electron chi connectivity index (χ2n) is 2.51. The van der Waals surface area contributed by atoms with Crippen LogP contribution in [0.2, 0.25) is 0 Å². The molecule has 2 unspecified atom stereocenters. The number of hydrogen-bond donors (Lipinski definition) is 0. The normalized spacial score (nSPS) is 35.3. The lowest BCUT2D eigenvalue weighted by Gasteiger charge is -2.11. The summed E-state index contributed by atoms with van der Waals surface area (Å²) in [6.07, 6.45) is 0.356. The Morgan fingerprint density at radius 2 is 2.33 bits per heavy atom. The van der Waals surface area contributed by atoms with Crippen molar-refractivity contribution in [1.82, 2.24) is 0 Å². The Kier molecular flexibility index (Phi) is 2.49. The van der Waals surface area contributed by atoms with Crippen molar-refractivity contribution in [2.45, 2.75) is 20.0 Å². The third-order valence-electron chi connectivity index (χ3n) is 1.68. The van der Waals surface area contributed by atoms with E-state index < -0.39 is 0 Å². The highest BCUT2D eigenvalue weighted by molar-refractivity contribution is 4.70. The fraction of sp³-hybridized carbons (Fsp3) is 1.00. The molecule has 0 spiro atoms. The molecule has 1 aliphatic rings. The van der Waals surface area contributed by atoms with E-state index in [0.29, 0.717) is 12.0 Å². The summed E-state index contributed by atoms with van der Waals surface area (Å²) in [4.78, 5) is 0. The SMILES string of the molecule is CCOC1COCC1C. The molecule has 2 nitrogen and oxygen atoms in total. The molecule has 0 bridgehead atoms. The quantitative estimate of drug-likeness (QED) is 0.556. The summed E-state index contributed by atoms with van der Waals surface area (Å²) in [6.45, 7) is 6.64. The molecule has 0 N–H and O–H groups in total. The van der Waals surface area contributed by atoms with Gasteiger partial charge in [0, 0.05) is 12.5 Å². The van der Waals surface area contributed by atoms with Crippen LogP contribution in [0.3, 0.4) is 0 Å². The van der Waals surface area contributed by atoms with Crippen molar-refractivity contribution in [3.8, 4) is 0 Å². The first-order chi connectivity index (χ1) is 4.34. The monoisotopic (exact) mass is 130 g/mol. The summed E-state index contributed by atoms with van der Waals surface area (Å²) in [6, 6.07) is 0. The predicted molar refractivity (Wildman–Crippen MR) is 35.4 cm³/mol. The van der Waals surface area contributed by atoms with Gasteiger partial charge < -0.3 is 9.47 Å². The number of ether oxygens (including phenoxy) is 2. The van der Waals surface area contributed by atoms with E-state index in [0.717, 1.165) is 19.8 Å². The van der Waals surface area contributed by atoms with Crippen LogP contribution < -0.4 is 0 Å². The Morgan fingerprint density at radius 1 is 1.56 bits per heavy atom. The average molecular weight is 130 g/mol. The van der Waals surface area contributed by atoms with Crippen LogP contribution in [0.4, 0.5) is 0 Å². The molecule has 1 saturated heterocycles. The van der Waals surface area contributed by atoms with Crippen LogP contribution >= 0.6 is 0 Å². The zero-order chi connectivity index (χ0) is 6.69. The van der Waals surface area contributed by atoms with Gasteiger partial charge in [-0.2, -0.15) is 0 Å². The molecule has 1 fully saturated rings. The molecule has 2 atom stereocenters. The highest BCUT2D eigenvalue weighted by Crippen LogP contribution is 2.15. The van der Waals surface area contributed by atoms with Gasteiger partial charge in [-0.1, -0.05) is 6.92 Å². The maximum absolute atomic E-state index is 5.39. The van der Waals surface area contributed by atoms with Crippen molar-refractivity contribution in [3.63, 3.8) is 0 Å². The number of hydrogen-bond acceptors (Lipinski definition) is 2. The molecule has 1 rings (SSSR count). The van der Waals surface area contributed by atoms with Gasteiger partial charge in [0.25, 0.3) is 0 Å². The smallest absolute Gasteiger partial charge is 0.0855 e. The molecule has 0 saturated carbocycles. The molecular weight excluding hydrogens is 116 g/mol. The first-order valence-corrected chi connectivity index (χ1v) is 3.54. The second-order valence-corrected chi connectivity index (χ2v) is 2.51. The van der Waals surface area contributed by atoms with E-state index in [1.807, 2.05) is 6.92 Å². The summed E-state index contributed by atoms with van der Waals surface area (Å²) in [5.74, 6) is 0.588. The maximum atomic E-state index is 5.39. The van der Waals surface area contributed by atoms with Gasteiger partial charge in [-0.15, -0.1) is 0 Å². The van der Waals surface area contributed by atoms with Crippen LogP contribution in [0.5, 0.6) is 0 Å². The van der Waals surface area contributed by atoms with Crippen molar-refractivity contribution in [2.75, 3.05) is 19.8 Å². The van der Waals surface area contributed by atoms with Crippen LogP contribution in [-0.4, -0.2) is 25.9 Å². The maximum Gasteiger partial charge on any atom is 0.0855 e. The van der Waals surface area contributed by atoms with E-state index in [2.05, 4.69) is 6.92 Å². The molecular formula is C7H14O2. The highest BCUT2D eigenvalue weighted by Gasteiger charge is 2.23. The molecule has 0 aromatic carbocycles. The average Bonchev–Trinajstić information content (AvgIpc) is 2.18. The van der Waals surface area contributed by atoms with Gasteiger partial charge in [-0.25, -0.2) is 0 Å². The molecule has 0 radical (unpaired) electrons. The first kappa shape index (κ1) is 7.03. The molecule has 0 aliphatic carbocycles. The molecule has 0 amide bonds. The van der Waals surface area contributed by atoms with Crippen LogP contribution in [0.1, 0.15) is 13.8 Å². The van der Waals surface area contributed by atoms with Gasteiger partial charge in [0.15, 0.2) is 0 Å². The minimum Gasteiger partial charge on any atom is -0.378 e. The van der Waals surface area contributed by atoms with Crippen LogP contribution in [0.25, 0.3) is 0 Å². The first-order valence-electron chi connectivity index (χ1n) is 3.54. The Labute approximate surface area is 56.2 Å². The third-order valence-corrected chi connectivity index (χ3v) is 1.68. The van der Waals surface area contributed by atoms with Gasteiger partial charge in [0.05, 0.1) is 19.3 Å². The van der Waals surface area contributed by atoms with E-state index in [4.69, 9.17) is 9.47 Å². The Bertz CT molecular complexity index is 83.0. The lowest BCUT2D eigenvalue weighted by molar-refractivity contribution is 0.0371. The Balaban J connectivity index is 2.22. The molecule has 0 aromatic rings. The van der Waals surface area contributed by atoms with E-state index in [9.17, 15) is 0 Å².